The van der Waals surface area contributed by atoms with Crippen LogP contribution in [0, 0.1) is 20.8 Å². The van der Waals surface area contributed by atoms with E-state index in [1.807, 2.05) is 23.6 Å². The molecule has 2 rings (SSSR count). The van der Waals surface area contributed by atoms with Crippen LogP contribution in [0.5, 0.6) is 0 Å². The van der Waals surface area contributed by atoms with E-state index in [2.05, 4.69) is 54.6 Å². The van der Waals surface area contributed by atoms with Gasteiger partial charge in [-0.25, -0.2) is 0 Å². The SMILES string of the molecule is CCNC(=NCCCCn1c(C)cccc1=O)NCCc1cc(C)cc(C)c1.I. The van der Waals surface area contributed by atoms with E-state index in [9.17, 15) is 4.79 Å². The van der Waals surface area contributed by atoms with E-state index < -0.39 is 0 Å². The first kappa shape index (κ1) is 25.2. The minimum Gasteiger partial charge on any atom is -0.357 e. The van der Waals surface area contributed by atoms with Gasteiger partial charge < -0.3 is 15.2 Å². The van der Waals surface area contributed by atoms with Crippen molar-refractivity contribution in [3.05, 3.63) is 69.1 Å². The second-order valence-electron chi connectivity index (χ2n) is 7.30. The van der Waals surface area contributed by atoms with Crippen LogP contribution in [0.4, 0.5) is 0 Å². The third kappa shape index (κ3) is 9.02. The molecule has 0 bridgehead atoms. The molecule has 0 saturated heterocycles. The van der Waals surface area contributed by atoms with Gasteiger partial charge in [-0.3, -0.25) is 9.79 Å². The van der Waals surface area contributed by atoms with Crippen LogP contribution in [0.15, 0.2) is 46.2 Å². The molecule has 2 aromatic rings. The molecule has 0 radical (unpaired) electrons. The van der Waals surface area contributed by atoms with Crippen LogP contribution in [0.1, 0.15) is 42.1 Å². The molecule has 0 saturated carbocycles. The summed E-state index contributed by atoms with van der Waals surface area (Å²) in [5.41, 5.74) is 5.05. The summed E-state index contributed by atoms with van der Waals surface area (Å²) in [7, 11) is 0. The maximum Gasteiger partial charge on any atom is 0.250 e. The lowest BCUT2D eigenvalue weighted by Crippen LogP contribution is -2.38. The van der Waals surface area contributed by atoms with Crippen LogP contribution in [-0.4, -0.2) is 30.2 Å². The second kappa shape index (κ2) is 13.4. The Bertz CT molecular complexity index is 825. The van der Waals surface area contributed by atoms with Gasteiger partial charge in [-0.1, -0.05) is 35.4 Å². The molecule has 0 fully saturated rings. The third-order valence-corrected chi connectivity index (χ3v) is 4.66. The number of halogens is 1. The Hall–Kier alpha value is -1.83. The van der Waals surface area contributed by atoms with Gasteiger partial charge in [-0.05, 0) is 58.6 Å². The molecule has 0 aliphatic carbocycles. The van der Waals surface area contributed by atoms with E-state index in [1.54, 1.807) is 6.07 Å². The average molecular weight is 510 g/mol. The smallest absolute Gasteiger partial charge is 0.250 e. The van der Waals surface area contributed by atoms with Crippen LogP contribution in [-0.2, 0) is 13.0 Å². The van der Waals surface area contributed by atoms with Crippen LogP contribution in [0.25, 0.3) is 0 Å². The fraction of sp³-hybridized carbons (Fsp3) is 0.478. The first-order chi connectivity index (χ1) is 13.5. The van der Waals surface area contributed by atoms with Crippen molar-refractivity contribution in [3.8, 4) is 0 Å². The highest BCUT2D eigenvalue weighted by Gasteiger charge is 2.01. The quantitative estimate of drug-likeness (QED) is 0.232. The molecule has 1 heterocycles. The number of guanidine groups is 1. The van der Waals surface area contributed by atoms with Crippen LogP contribution >= 0.6 is 24.0 Å². The fourth-order valence-electron chi connectivity index (χ4n) is 3.36. The predicted octanol–water partition coefficient (Wildman–Crippen LogP) is 3.97. The molecular weight excluding hydrogens is 475 g/mol. The number of pyridine rings is 1. The molecule has 0 aliphatic heterocycles. The third-order valence-electron chi connectivity index (χ3n) is 4.66. The highest BCUT2D eigenvalue weighted by atomic mass is 127. The molecule has 1 aromatic heterocycles. The molecule has 0 atom stereocenters. The zero-order chi connectivity index (χ0) is 20.4. The number of hydrogen-bond acceptors (Lipinski definition) is 2. The maximum absolute atomic E-state index is 11.9. The van der Waals surface area contributed by atoms with Gasteiger partial charge in [0.25, 0.3) is 5.56 Å². The van der Waals surface area contributed by atoms with Gasteiger partial charge in [0.2, 0.25) is 0 Å². The summed E-state index contributed by atoms with van der Waals surface area (Å²) < 4.78 is 1.83. The minimum atomic E-state index is 0. The highest BCUT2D eigenvalue weighted by Crippen LogP contribution is 2.09. The van der Waals surface area contributed by atoms with Gasteiger partial charge in [-0.2, -0.15) is 0 Å². The van der Waals surface area contributed by atoms with Crippen molar-refractivity contribution in [1.82, 2.24) is 15.2 Å². The number of aryl methyl sites for hydroxylation is 3. The first-order valence-corrected chi connectivity index (χ1v) is 10.3. The monoisotopic (exact) mass is 510 g/mol. The van der Waals surface area contributed by atoms with Crippen molar-refractivity contribution in [2.45, 2.75) is 53.5 Å². The van der Waals surface area contributed by atoms with Crippen LogP contribution in [0.2, 0.25) is 0 Å². The van der Waals surface area contributed by atoms with Gasteiger partial charge in [0.1, 0.15) is 0 Å². The van der Waals surface area contributed by atoms with Gasteiger partial charge >= 0.3 is 0 Å². The normalized spacial score (nSPS) is 11.1. The van der Waals surface area contributed by atoms with Crippen molar-refractivity contribution in [2.24, 2.45) is 4.99 Å². The van der Waals surface area contributed by atoms with Crippen LogP contribution < -0.4 is 16.2 Å². The Balaban J connectivity index is 0.00000420. The number of nitrogens with zero attached hydrogens (tertiary/aromatic N) is 2. The standard InChI is InChI=1S/C23H34N4O.HI/c1-5-24-23(26-13-11-21-16-18(2)15-19(3)17-21)25-12-6-7-14-27-20(4)9-8-10-22(27)28;/h8-10,15-17H,5-7,11-14H2,1-4H3,(H2,24,25,26);1H. The van der Waals surface area contributed by atoms with Gasteiger partial charge in [0, 0.05) is 37.9 Å². The van der Waals surface area contributed by atoms with Crippen molar-refractivity contribution in [2.75, 3.05) is 19.6 Å². The second-order valence-corrected chi connectivity index (χ2v) is 7.30. The van der Waals surface area contributed by atoms with E-state index in [4.69, 9.17) is 0 Å². The van der Waals surface area contributed by atoms with Gasteiger partial charge in [0.05, 0.1) is 0 Å². The lowest BCUT2D eigenvalue weighted by molar-refractivity contribution is 0.585. The Labute approximate surface area is 192 Å². The molecule has 6 heteroatoms. The number of unbranched alkanes of at least 4 members (excludes halogenated alkanes) is 1. The lowest BCUT2D eigenvalue weighted by atomic mass is 10.1. The zero-order valence-corrected chi connectivity index (χ0v) is 20.5. The first-order valence-electron chi connectivity index (χ1n) is 10.3. The topological polar surface area (TPSA) is 58.4 Å². The molecule has 1 aromatic carbocycles. The van der Waals surface area contributed by atoms with Gasteiger partial charge in [-0.15, -0.1) is 24.0 Å². The average Bonchev–Trinajstić information content (AvgIpc) is 2.62. The number of aromatic nitrogens is 1. The Morgan fingerprint density at radius 1 is 1.03 bits per heavy atom. The summed E-state index contributed by atoms with van der Waals surface area (Å²) in [6.45, 7) is 11.5. The van der Waals surface area contributed by atoms with E-state index >= 15 is 0 Å². The predicted molar refractivity (Wildman–Crippen MR) is 134 cm³/mol. The minimum absolute atomic E-state index is 0. The van der Waals surface area contributed by atoms with Gasteiger partial charge in [0.15, 0.2) is 5.96 Å². The Kier molecular flexibility index (Phi) is 11.7. The van der Waals surface area contributed by atoms with E-state index in [1.165, 1.54) is 16.7 Å². The highest BCUT2D eigenvalue weighted by molar-refractivity contribution is 14.0. The summed E-state index contributed by atoms with van der Waals surface area (Å²) in [6.07, 6.45) is 2.87. The largest absolute Gasteiger partial charge is 0.357 e. The number of hydrogen-bond donors (Lipinski definition) is 2. The molecule has 29 heavy (non-hydrogen) atoms. The van der Waals surface area contributed by atoms with E-state index in [0.717, 1.165) is 57.1 Å². The van der Waals surface area contributed by atoms with E-state index in [-0.39, 0.29) is 29.5 Å². The van der Waals surface area contributed by atoms with Crippen LogP contribution in [0.3, 0.4) is 0 Å². The summed E-state index contributed by atoms with van der Waals surface area (Å²) >= 11 is 0. The van der Waals surface area contributed by atoms with Crippen molar-refractivity contribution in [3.63, 3.8) is 0 Å². The molecule has 0 aliphatic rings. The molecule has 0 spiro atoms. The summed E-state index contributed by atoms with van der Waals surface area (Å²) in [5, 5.41) is 6.72. The Morgan fingerprint density at radius 3 is 2.41 bits per heavy atom. The number of nitrogens with one attached hydrogen (secondary N) is 2. The van der Waals surface area contributed by atoms with E-state index in [0.29, 0.717) is 0 Å². The number of rotatable bonds is 9. The fourth-order valence-corrected chi connectivity index (χ4v) is 3.36. The van der Waals surface area contributed by atoms with Crippen molar-refractivity contribution >= 4 is 29.9 Å². The maximum atomic E-state index is 11.9. The Morgan fingerprint density at radius 2 is 1.76 bits per heavy atom. The number of aliphatic imine (C=N–C) groups is 1. The molecule has 0 amide bonds. The number of benzene rings is 1. The lowest BCUT2D eigenvalue weighted by Gasteiger charge is -2.12. The van der Waals surface area contributed by atoms with Crippen molar-refractivity contribution in [1.29, 1.82) is 0 Å². The summed E-state index contributed by atoms with van der Waals surface area (Å²) in [6, 6.07) is 12.1. The molecule has 0 unspecified atom stereocenters. The molecular formula is C23H35IN4O. The van der Waals surface area contributed by atoms with Crippen molar-refractivity contribution < 1.29 is 0 Å². The summed E-state index contributed by atoms with van der Waals surface area (Å²) in [5.74, 6) is 0.861. The summed E-state index contributed by atoms with van der Waals surface area (Å²) in [4.78, 5) is 16.6. The molecule has 5 nitrogen and oxygen atoms in total. The zero-order valence-electron chi connectivity index (χ0n) is 18.1. The molecule has 160 valence electrons. The molecule has 2 N–H and O–H groups in total.